The van der Waals surface area contributed by atoms with E-state index in [9.17, 15) is 14.4 Å². The van der Waals surface area contributed by atoms with Crippen molar-refractivity contribution in [1.29, 1.82) is 0 Å². The molecule has 0 aliphatic carbocycles. The molecule has 1 aliphatic rings. The van der Waals surface area contributed by atoms with E-state index in [4.69, 9.17) is 5.11 Å². The van der Waals surface area contributed by atoms with Crippen LogP contribution in [0.4, 0.5) is 9.59 Å². The number of rotatable bonds is 6. The van der Waals surface area contributed by atoms with Gasteiger partial charge in [-0.2, -0.15) is 0 Å². The maximum absolute atomic E-state index is 11.9. The van der Waals surface area contributed by atoms with Crippen LogP contribution in [0.5, 0.6) is 0 Å². The number of urea groups is 1. The number of hydrogen-bond donors (Lipinski definition) is 3. The van der Waals surface area contributed by atoms with Gasteiger partial charge in [0.1, 0.15) is 0 Å². The number of aliphatic carboxylic acids is 1. The first kappa shape index (κ1) is 17.1. The van der Waals surface area contributed by atoms with Gasteiger partial charge >= 0.3 is 18.1 Å². The molecule has 0 aromatic heterocycles. The van der Waals surface area contributed by atoms with E-state index < -0.39 is 12.1 Å². The second kappa shape index (κ2) is 8.33. The molecule has 21 heavy (non-hydrogen) atoms. The molecule has 1 fully saturated rings. The summed E-state index contributed by atoms with van der Waals surface area (Å²) in [5.74, 6) is -0.721. The summed E-state index contributed by atoms with van der Waals surface area (Å²) in [5, 5.41) is 14.0. The molecule has 3 N–H and O–H groups in total. The maximum atomic E-state index is 11.9. The number of alkyl carbamates (subject to hydrolysis) is 1. The fourth-order valence-electron chi connectivity index (χ4n) is 2.13. The van der Waals surface area contributed by atoms with Crippen molar-refractivity contribution in [2.45, 2.75) is 32.2 Å². The third-order valence-corrected chi connectivity index (χ3v) is 3.44. The minimum Gasteiger partial charge on any atom is -0.481 e. The normalized spacial score (nSPS) is 19.0. The molecule has 0 radical (unpaired) electrons. The Bertz CT molecular complexity index is 388. The first-order valence-corrected chi connectivity index (χ1v) is 7.01. The lowest BCUT2D eigenvalue weighted by Gasteiger charge is -2.19. The number of hydrogen-bond acceptors (Lipinski definition) is 4. The highest BCUT2D eigenvalue weighted by Gasteiger charge is 2.27. The molecule has 120 valence electrons. The van der Waals surface area contributed by atoms with Gasteiger partial charge in [-0.25, -0.2) is 9.59 Å². The summed E-state index contributed by atoms with van der Waals surface area (Å²) in [5.41, 5.74) is 0. The highest BCUT2D eigenvalue weighted by Crippen LogP contribution is 2.10. The van der Waals surface area contributed by atoms with E-state index in [2.05, 4.69) is 15.4 Å². The van der Waals surface area contributed by atoms with Crippen LogP contribution >= 0.6 is 0 Å². The zero-order valence-electron chi connectivity index (χ0n) is 12.4. The first-order chi connectivity index (χ1) is 9.92. The minimum atomic E-state index is -0.829. The van der Waals surface area contributed by atoms with Crippen LogP contribution in [0.15, 0.2) is 0 Å². The Balaban J connectivity index is 2.24. The maximum Gasteiger partial charge on any atom is 0.407 e. The molecule has 3 amide bonds. The third kappa shape index (κ3) is 6.33. The van der Waals surface area contributed by atoms with Gasteiger partial charge in [0, 0.05) is 26.1 Å². The Morgan fingerprint density at radius 1 is 1.43 bits per heavy atom. The highest BCUT2D eigenvalue weighted by atomic mass is 16.5. The van der Waals surface area contributed by atoms with Crippen LogP contribution in [0.2, 0.25) is 0 Å². The van der Waals surface area contributed by atoms with E-state index in [1.165, 1.54) is 7.11 Å². The lowest BCUT2D eigenvalue weighted by atomic mass is 10.1. The highest BCUT2D eigenvalue weighted by molar-refractivity contribution is 5.75. The number of ether oxygens (including phenoxy) is 1. The van der Waals surface area contributed by atoms with E-state index in [1.54, 1.807) is 4.90 Å². The molecule has 0 bridgehead atoms. The Morgan fingerprint density at radius 2 is 2.14 bits per heavy atom. The number of nitrogens with one attached hydrogen (secondary N) is 2. The topological polar surface area (TPSA) is 108 Å². The molecule has 2 atom stereocenters. The summed E-state index contributed by atoms with van der Waals surface area (Å²) in [4.78, 5) is 35.1. The van der Waals surface area contributed by atoms with Gasteiger partial charge in [-0.3, -0.25) is 4.79 Å². The molecule has 8 nitrogen and oxygen atoms in total. The lowest BCUT2D eigenvalue weighted by molar-refractivity contribution is -0.137. The van der Waals surface area contributed by atoms with Gasteiger partial charge in [-0.1, -0.05) is 6.92 Å². The number of carbonyl (C=O) groups excluding carboxylic acids is 2. The van der Waals surface area contributed by atoms with Crippen molar-refractivity contribution in [3.63, 3.8) is 0 Å². The first-order valence-electron chi connectivity index (χ1n) is 7.01. The zero-order chi connectivity index (χ0) is 15.8. The summed E-state index contributed by atoms with van der Waals surface area (Å²) >= 11 is 0. The van der Waals surface area contributed by atoms with Crippen LogP contribution in [0.1, 0.15) is 26.2 Å². The smallest absolute Gasteiger partial charge is 0.407 e. The monoisotopic (exact) mass is 301 g/mol. The van der Waals surface area contributed by atoms with Crippen LogP contribution in [-0.2, 0) is 9.53 Å². The van der Waals surface area contributed by atoms with Crippen molar-refractivity contribution in [2.75, 3.05) is 26.7 Å². The number of methoxy groups -OCH3 is 1. The quantitative estimate of drug-likeness (QED) is 0.667. The number of amides is 3. The molecule has 0 aromatic rings. The molecular formula is C13H23N3O5. The molecule has 1 saturated heterocycles. The fourth-order valence-corrected chi connectivity index (χ4v) is 2.13. The van der Waals surface area contributed by atoms with E-state index in [0.717, 1.165) is 0 Å². The molecule has 1 rings (SSSR count). The Morgan fingerprint density at radius 3 is 2.76 bits per heavy atom. The largest absolute Gasteiger partial charge is 0.481 e. The molecule has 8 heteroatoms. The predicted molar refractivity (Wildman–Crippen MR) is 75.0 cm³/mol. The molecule has 1 heterocycles. The van der Waals surface area contributed by atoms with Crippen LogP contribution in [-0.4, -0.2) is 60.9 Å². The summed E-state index contributed by atoms with van der Waals surface area (Å²) in [6.07, 6.45) is 0.829. The van der Waals surface area contributed by atoms with E-state index in [-0.39, 0.29) is 24.4 Å². The Hall–Kier alpha value is -1.99. The SMILES string of the molecule is COC(=O)NC1CCN(C(=O)NCC(C)CCC(=O)O)C1. The summed E-state index contributed by atoms with van der Waals surface area (Å²) < 4.78 is 4.52. The number of carbonyl (C=O) groups is 3. The third-order valence-electron chi connectivity index (χ3n) is 3.44. The average molecular weight is 301 g/mol. The van der Waals surface area contributed by atoms with Crippen LogP contribution in [0.25, 0.3) is 0 Å². The molecule has 0 aromatic carbocycles. The van der Waals surface area contributed by atoms with Gasteiger partial charge in [-0.05, 0) is 18.8 Å². The summed E-state index contributed by atoms with van der Waals surface area (Å²) in [6.45, 7) is 3.36. The van der Waals surface area contributed by atoms with Gasteiger partial charge in [0.25, 0.3) is 0 Å². The van der Waals surface area contributed by atoms with Crippen molar-refractivity contribution in [2.24, 2.45) is 5.92 Å². The minimum absolute atomic E-state index is 0.0902. The van der Waals surface area contributed by atoms with Gasteiger partial charge < -0.3 is 25.4 Å². The van der Waals surface area contributed by atoms with Gasteiger partial charge in [0.15, 0.2) is 0 Å². The van der Waals surface area contributed by atoms with Crippen molar-refractivity contribution in [3.05, 3.63) is 0 Å². The Kier molecular flexibility index (Phi) is 6.77. The lowest BCUT2D eigenvalue weighted by Crippen LogP contribution is -2.43. The molecule has 1 aliphatic heterocycles. The van der Waals surface area contributed by atoms with Crippen molar-refractivity contribution in [3.8, 4) is 0 Å². The number of nitrogens with zero attached hydrogens (tertiary/aromatic N) is 1. The standard InChI is InChI=1S/C13H23N3O5/c1-9(3-4-11(17)18)7-14-12(19)16-6-5-10(8-16)15-13(20)21-2/h9-10H,3-8H2,1-2H3,(H,14,19)(H,15,20)(H,17,18). The summed E-state index contributed by atoms with van der Waals surface area (Å²) in [7, 11) is 1.30. The molecule has 2 unspecified atom stereocenters. The predicted octanol–water partition coefficient (Wildman–Crippen LogP) is 0.627. The molecule has 0 saturated carbocycles. The second-order valence-corrected chi connectivity index (χ2v) is 5.29. The van der Waals surface area contributed by atoms with E-state index in [0.29, 0.717) is 32.5 Å². The van der Waals surface area contributed by atoms with Crippen molar-refractivity contribution < 1.29 is 24.2 Å². The Labute approximate surface area is 123 Å². The van der Waals surface area contributed by atoms with E-state index in [1.807, 2.05) is 6.92 Å². The summed E-state index contributed by atoms with van der Waals surface area (Å²) in [6, 6.07) is -0.279. The van der Waals surface area contributed by atoms with Gasteiger partial charge in [0.05, 0.1) is 13.2 Å². The van der Waals surface area contributed by atoms with Crippen LogP contribution in [0, 0.1) is 5.92 Å². The zero-order valence-corrected chi connectivity index (χ0v) is 12.4. The van der Waals surface area contributed by atoms with Crippen LogP contribution in [0.3, 0.4) is 0 Å². The number of carboxylic acids is 1. The van der Waals surface area contributed by atoms with Gasteiger partial charge in [0.2, 0.25) is 0 Å². The average Bonchev–Trinajstić information content (AvgIpc) is 2.90. The molecule has 0 spiro atoms. The van der Waals surface area contributed by atoms with E-state index >= 15 is 0 Å². The number of carboxylic acid groups (broad SMARTS) is 1. The van der Waals surface area contributed by atoms with Crippen molar-refractivity contribution in [1.82, 2.24) is 15.5 Å². The van der Waals surface area contributed by atoms with Gasteiger partial charge in [-0.15, -0.1) is 0 Å². The molecular weight excluding hydrogens is 278 g/mol. The fraction of sp³-hybridized carbons (Fsp3) is 0.769. The second-order valence-electron chi connectivity index (χ2n) is 5.29. The number of likely N-dealkylation sites (tertiary alicyclic amines) is 1. The van der Waals surface area contributed by atoms with Crippen molar-refractivity contribution >= 4 is 18.1 Å². The van der Waals surface area contributed by atoms with Crippen LogP contribution < -0.4 is 10.6 Å².